The zero-order valence-electron chi connectivity index (χ0n) is 10.3. The third-order valence-electron chi connectivity index (χ3n) is 2.47. The lowest BCUT2D eigenvalue weighted by atomic mass is 10.1. The molecule has 17 heavy (non-hydrogen) atoms. The number of nitrogens with zero attached hydrogens (tertiary/aromatic N) is 1. The summed E-state index contributed by atoms with van der Waals surface area (Å²) in [7, 11) is 1.62. The molecule has 1 rings (SSSR count). The molecule has 1 aromatic carbocycles. The Hall–Kier alpha value is -1.06. The lowest BCUT2D eigenvalue weighted by molar-refractivity contribution is 0.0707. The number of aryl methyl sites for hydroxylation is 1. The Morgan fingerprint density at radius 3 is 2.76 bits per heavy atom. The maximum absolute atomic E-state index is 12.2. The predicted octanol–water partition coefficient (Wildman–Crippen LogP) is 2.32. The van der Waals surface area contributed by atoms with E-state index in [-0.39, 0.29) is 5.91 Å². The number of benzene rings is 1. The van der Waals surface area contributed by atoms with Crippen LogP contribution >= 0.6 is 11.6 Å². The Labute approximate surface area is 107 Å². The van der Waals surface area contributed by atoms with Crippen molar-refractivity contribution in [3.8, 4) is 0 Å². The molecule has 0 aliphatic heterocycles. The van der Waals surface area contributed by atoms with Crippen LogP contribution in [0.25, 0.3) is 0 Å². The summed E-state index contributed by atoms with van der Waals surface area (Å²) in [5, 5.41) is 0. The summed E-state index contributed by atoms with van der Waals surface area (Å²) in [6.07, 6.45) is 0. The van der Waals surface area contributed by atoms with Gasteiger partial charge in [0.25, 0.3) is 5.91 Å². The van der Waals surface area contributed by atoms with Crippen LogP contribution in [0.3, 0.4) is 0 Å². The van der Waals surface area contributed by atoms with E-state index >= 15 is 0 Å². The monoisotopic (exact) mass is 255 g/mol. The predicted molar refractivity (Wildman–Crippen MR) is 69.7 cm³/mol. The van der Waals surface area contributed by atoms with Crippen molar-refractivity contribution in [1.29, 1.82) is 0 Å². The Balaban J connectivity index is 2.76. The van der Waals surface area contributed by atoms with Crippen molar-refractivity contribution in [3.05, 3.63) is 35.4 Å². The fourth-order valence-corrected chi connectivity index (χ4v) is 1.78. The third kappa shape index (κ3) is 4.36. The minimum atomic E-state index is 0.00593. The largest absolute Gasteiger partial charge is 0.383 e. The van der Waals surface area contributed by atoms with Crippen molar-refractivity contribution in [3.63, 3.8) is 0 Å². The molecule has 1 aromatic rings. The first kappa shape index (κ1) is 14.0. The number of halogens is 1. The topological polar surface area (TPSA) is 29.5 Å². The highest BCUT2D eigenvalue weighted by atomic mass is 35.5. The van der Waals surface area contributed by atoms with Crippen LogP contribution in [0, 0.1) is 6.92 Å². The number of rotatable bonds is 6. The lowest BCUT2D eigenvalue weighted by Gasteiger charge is -2.21. The summed E-state index contributed by atoms with van der Waals surface area (Å²) in [6, 6.07) is 7.56. The molecule has 0 fully saturated rings. The van der Waals surface area contributed by atoms with Gasteiger partial charge in [0.05, 0.1) is 6.61 Å². The van der Waals surface area contributed by atoms with Gasteiger partial charge in [-0.2, -0.15) is 0 Å². The minimum Gasteiger partial charge on any atom is -0.383 e. The van der Waals surface area contributed by atoms with E-state index in [2.05, 4.69) is 0 Å². The fraction of sp³-hybridized carbons (Fsp3) is 0.462. The molecule has 0 radical (unpaired) electrons. The molecule has 0 saturated carbocycles. The van der Waals surface area contributed by atoms with Gasteiger partial charge in [-0.05, 0) is 19.1 Å². The fourth-order valence-electron chi connectivity index (χ4n) is 1.58. The van der Waals surface area contributed by atoms with Crippen LogP contribution in [0.2, 0.25) is 0 Å². The Morgan fingerprint density at radius 1 is 1.41 bits per heavy atom. The number of amides is 1. The molecule has 0 heterocycles. The second kappa shape index (κ2) is 7.30. The van der Waals surface area contributed by atoms with Crippen LogP contribution in [0.15, 0.2) is 24.3 Å². The summed E-state index contributed by atoms with van der Waals surface area (Å²) < 4.78 is 4.99. The van der Waals surface area contributed by atoms with E-state index < -0.39 is 0 Å². The molecule has 0 aliphatic carbocycles. The Bertz CT molecular complexity index is 368. The summed E-state index contributed by atoms with van der Waals surface area (Å²) in [6.45, 7) is 3.60. The minimum absolute atomic E-state index is 0.00593. The van der Waals surface area contributed by atoms with Crippen molar-refractivity contribution < 1.29 is 9.53 Å². The summed E-state index contributed by atoms with van der Waals surface area (Å²) in [5.74, 6) is 0.438. The Kier molecular flexibility index (Phi) is 6.01. The molecule has 0 saturated heterocycles. The van der Waals surface area contributed by atoms with Crippen molar-refractivity contribution in [2.45, 2.75) is 6.92 Å². The number of hydrogen-bond acceptors (Lipinski definition) is 2. The number of carbonyl (C=O) groups excluding carboxylic acids is 1. The smallest absolute Gasteiger partial charge is 0.253 e. The number of alkyl halides is 1. The van der Waals surface area contributed by atoms with Crippen molar-refractivity contribution in [2.24, 2.45) is 0 Å². The highest BCUT2D eigenvalue weighted by Gasteiger charge is 2.14. The Morgan fingerprint density at radius 2 is 2.18 bits per heavy atom. The first-order valence-electron chi connectivity index (χ1n) is 5.60. The molecule has 0 N–H and O–H groups in total. The third-order valence-corrected chi connectivity index (χ3v) is 2.64. The van der Waals surface area contributed by atoms with Crippen LogP contribution in [0.4, 0.5) is 0 Å². The number of hydrogen-bond donors (Lipinski definition) is 0. The van der Waals surface area contributed by atoms with Gasteiger partial charge in [-0.3, -0.25) is 4.79 Å². The molecule has 1 amide bonds. The van der Waals surface area contributed by atoms with Gasteiger partial charge in [0.1, 0.15) is 0 Å². The molecular formula is C13H18ClNO2. The molecule has 4 heteroatoms. The van der Waals surface area contributed by atoms with Gasteiger partial charge in [0.15, 0.2) is 0 Å². The van der Waals surface area contributed by atoms with Gasteiger partial charge in [-0.1, -0.05) is 17.7 Å². The summed E-state index contributed by atoms with van der Waals surface area (Å²) in [5.41, 5.74) is 1.78. The lowest BCUT2D eigenvalue weighted by Crippen LogP contribution is -2.35. The maximum Gasteiger partial charge on any atom is 0.253 e. The van der Waals surface area contributed by atoms with E-state index in [1.807, 2.05) is 31.2 Å². The van der Waals surface area contributed by atoms with Gasteiger partial charge < -0.3 is 9.64 Å². The SMILES string of the molecule is COCCN(CCCl)C(=O)c1cccc(C)c1. The van der Waals surface area contributed by atoms with Crippen LogP contribution < -0.4 is 0 Å². The molecule has 3 nitrogen and oxygen atoms in total. The second-order valence-corrected chi connectivity index (χ2v) is 4.22. The van der Waals surface area contributed by atoms with E-state index in [9.17, 15) is 4.79 Å². The summed E-state index contributed by atoms with van der Waals surface area (Å²) in [4.78, 5) is 13.9. The van der Waals surface area contributed by atoms with Crippen molar-refractivity contribution >= 4 is 17.5 Å². The molecule has 0 bridgehead atoms. The van der Waals surface area contributed by atoms with E-state index in [1.54, 1.807) is 12.0 Å². The normalized spacial score (nSPS) is 10.3. The zero-order valence-corrected chi connectivity index (χ0v) is 11.0. The van der Waals surface area contributed by atoms with Gasteiger partial charge in [0, 0.05) is 31.6 Å². The van der Waals surface area contributed by atoms with Gasteiger partial charge >= 0.3 is 0 Å². The van der Waals surface area contributed by atoms with Crippen LogP contribution in [-0.2, 0) is 4.74 Å². The molecular weight excluding hydrogens is 238 g/mol. The van der Waals surface area contributed by atoms with Gasteiger partial charge in [-0.25, -0.2) is 0 Å². The average Bonchev–Trinajstić information content (AvgIpc) is 2.33. The van der Waals surface area contributed by atoms with Crippen LogP contribution in [0.1, 0.15) is 15.9 Å². The van der Waals surface area contributed by atoms with E-state index in [0.717, 1.165) is 5.56 Å². The first-order valence-corrected chi connectivity index (χ1v) is 6.13. The second-order valence-electron chi connectivity index (χ2n) is 3.84. The molecule has 0 atom stereocenters. The van der Waals surface area contributed by atoms with Crippen LogP contribution in [0.5, 0.6) is 0 Å². The van der Waals surface area contributed by atoms with Crippen LogP contribution in [-0.4, -0.2) is 43.5 Å². The van der Waals surface area contributed by atoms with Gasteiger partial charge in [-0.15, -0.1) is 11.6 Å². The van der Waals surface area contributed by atoms with Gasteiger partial charge in [0.2, 0.25) is 0 Å². The first-order chi connectivity index (χ1) is 8.19. The highest BCUT2D eigenvalue weighted by molar-refractivity contribution is 6.18. The van der Waals surface area contributed by atoms with Crippen molar-refractivity contribution in [1.82, 2.24) is 4.90 Å². The molecule has 0 aliphatic rings. The van der Waals surface area contributed by atoms with E-state index in [0.29, 0.717) is 31.1 Å². The zero-order chi connectivity index (χ0) is 12.7. The summed E-state index contributed by atoms with van der Waals surface area (Å²) >= 11 is 5.70. The molecule has 0 aromatic heterocycles. The number of methoxy groups -OCH3 is 1. The van der Waals surface area contributed by atoms with E-state index in [1.165, 1.54) is 0 Å². The van der Waals surface area contributed by atoms with E-state index in [4.69, 9.17) is 16.3 Å². The van der Waals surface area contributed by atoms with Crippen molar-refractivity contribution in [2.75, 3.05) is 32.7 Å². The molecule has 0 unspecified atom stereocenters. The standard InChI is InChI=1S/C13H18ClNO2/c1-11-4-3-5-12(10-11)13(16)15(7-6-14)8-9-17-2/h3-5,10H,6-9H2,1-2H3. The maximum atomic E-state index is 12.2. The highest BCUT2D eigenvalue weighted by Crippen LogP contribution is 2.08. The molecule has 94 valence electrons. The number of carbonyl (C=O) groups is 1. The number of ether oxygens (including phenoxy) is 1. The quantitative estimate of drug-likeness (QED) is 0.730. The average molecular weight is 256 g/mol. The molecule has 0 spiro atoms.